The van der Waals surface area contributed by atoms with E-state index in [-0.39, 0.29) is 0 Å². The molecular weight excluding hydrogens is 573 g/mol. The predicted octanol–water partition coefficient (Wildman–Crippen LogP) is 11.3. The van der Waals surface area contributed by atoms with E-state index < -0.39 is 0 Å². The fraction of sp³-hybridized carbons (Fsp3) is 0.0233. The van der Waals surface area contributed by atoms with Gasteiger partial charge in [-0.25, -0.2) is 0 Å². The second-order valence-electron chi connectivity index (χ2n) is 11.8. The minimum absolute atomic E-state index is 0.361. The first kappa shape index (κ1) is 28.2. The first-order chi connectivity index (χ1) is 23.1. The van der Waals surface area contributed by atoms with Gasteiger partial charge in [0.05, 0.1) is 16.6 Å². The smallest absolute Gasteiger partial charge is 0.129 e. The van der Waals surface area contributed by atoms with Gasteiger partial charge in [0.2, 0.25) is 0 Å². The van der Waals surface area contributed by atoms with E-state index in [2.05, 4.69) is 107 Å². The number of amidine groups is 1. The van der Waals surface area contributed by atoms with Gasteiger partial charge in [-0.1, -0.05) is 97.6 Å². The van der Waals surface area contributed by atoms with Gasteiger partial charge in [0.1, 0.15) is 5.84 Å². The van der Waals surface area contributed by atoms with Crippen molar-refractivity contribution in [2.45, 2.75) is 6.92 Å². The maximum atomic E-state index is 8.61. The summed E-state index contributed by atoms with van der Waals surface area (Å²) in [5.41, 5.74) is 10.3. The second-order valence-corrected chi connectivity index (χ2v) is 11.8. The van der Waals surface area contributed by atoms with Gasteiger partial charge < -0.3 is 9.88 Å². The molecule has 0 aliphatic heterocycles. The Bertz CT molecular complexity index is 2520. The van der Waals surface area contributed by atoms with Gasteiger partial charge in [0, 0.05) is 39.3 Å². The standard InChI is InChI=1S/C43H32N4/c1-3-10-28(2)47-40-22-21-32(25-38(40)42-35-14-8-7-11-29(35)20-23-41(42)47)33-26-37(36-15-9-24-45-39(36)27-33)30-16-18-31(19-17-30)43(44)46-34-12-5-4-6-13-34/h3-27H,2H2,1H3,(H2,44,46)/b10-3-. The zero-order valence-corrected chi connectivity index (χ0v) is 26.0. The maximum absolute atomic E-state index is 8.61. The maximum Gasteiger partial charge on any atom is 0.129 e. The van der Waals surface area contributed by atoms with Crippen molar-refractivity contribution in [3.8, 4) is 22.3 Å². The molecule has 0 saturated heterocycles. The number of benzene rings is 6. The minimum atomic E-state index is 0.361. The van der Waals surface area contributed by atoms with Crippen LogP contribution in [0.4, 0.5) is 5.69 Å². The Balaban J connectivity index is 1.27. The molecule has 4 heteroatoms. The van der Waals surface area contributed by atoms with Gasteiger partial charge in [-0.15, -0.1) is 0 Å². The highest BCUT2D eigenvalue weighted by Gasteiger charge is 2.17. The number of rotatable bonds is 6. The lowest BCUT2D eigenvalue weighted by molar-refractivity contribution is 1.24. The Kier molecular flexibility index (Phi) is 6.96. The van der Waals surface area contributed by atoms with Gasteiger partial charge in [-0.2, -0.15) is 0 Å². The zero-order valence-electron chi connectivity index (χ0n) is 26.0. The first-order valence-electron chi connectivity index (χ1n) is 15.8. The van der Waals surface area contributed by atoms with E-state index in [9.17, 15) is 0 Å². The second kappa shape index (κ2) is 11.6. The van der Waals surface area contributed by atoms with E-state index in [1.165, 1.54) is 21.5 Å². The third-order valence-corrected chi connectivity index (χ3v) is 8.88. The summed E-state index contributed by atoms with van der Waals surface area (Å²) in [6.45, 7) is 6.44. The summed E-state index contributed by atoms with van der Waals surface area (Å²) in [5, 5.41) is 17.8. The molecule has 4 nitrogen and oxygen atoms in total. The number of nitrogens with one attached hydrogen (secondary N) is 2. The Morgan fingerprint density at radius 1 is 0.702 bits per heavy atom. The fourth-order valence-corrected chi connectivity index (χ4v) is 6.69. The zero-order chi connectivity index (χ0) is 31.9. The highest BCUT2D eigenvalue weighted by molar-refractivity contribution is 6.22. The van der Waals surface area contributed by atoms with Gasteiger partial charge in [-0.3, -0.25) is 10.4 Å². The van der Waals surface area contributed by atoms with Crippen LogP contribution >= 0.6 is 0 Å². The molecule has 224 valence electrons. The van der Waals surface area contributed by atoms with Crippen molar-refractivity contribution in [3.05, 3.63) is 164 Å². The Morgan fingerprint density at radius 3 is 2.28 bits per heavy atom. The summed E-state index contributed by atoms with van der Waals surface area (Å²) in [4.78, 5) is 4.78. The van der Waals surface area contributed by atoms with Crippen molar-refractivity contribution >= 4 is 60.7 Å². The van der Waals surface area contributed by atoms with E-state index in [0.29, 0.717) is 5.84 Å². The summed E-state index contributed by atoms with van der Waals surface area (Å²) in [6, 6.07) is 46.3. The number of allylic oxidation sites excluding steroid dienone is 3. The van der Waals surface area contributed by atoms with Crippen LogP contribution < -0.4 is 5.32 Å². The topological polar surface area (TPSA) is 53.7 Å². The van der Waals surface area contributed by atoms with Crippen LogP contribution in [-0.4, -0.2) is 15.4 Å². The van der Waals surface area contributed by atoms with Gasteiger partial charge >= 0.3 is 0 Å². The molecule has 6 aromatic carbocycles. The van der Waals surface area contributed by atoms with Crippen molar-refractivity contribution in [2.24, 2.45) is 0 Å². The van der Waals surface area contributed by atoms with Crippen LogP contribution in [0.3, 0.4) is 0 Å². The Hall–Kier alpha value is -6.26. The van der Waals surface area contributed by atoms with Crippen molar-refractivity contribution in [1.82, 2.24) is 9.55 Å². The summed E-state index contributed by atoms with van der Waals surface area (Å²) in [5.74, 6) is 0.361. The number of aromatic nitrogens is 2. The van der Waals surface area contributed by atoms with Crippen LogP contribution in [0.5, 0.6) is 0 Å². The molecule has 0 saturated carbocycles. The summed E-state index contributed by atoms with van der Waals surface area (Å²) >= 11 is 0. The number of hydrogen-bond donors (Lipinski definition) is 2. The molecule has 0 atom stereocenters. The summed E-state index contributed by atoms with van der Waals surface area (Å²) in [6.07, 6.45) is 5.95. The summed E-state index contributed by atoms with van der Waals surface area (Å²) in [7, 11) is 0. The van der Waals surface area contributed by atoms with Crippen molar-refractivity contribution in [3.63, 3.8) is 0 Å². The molecule has 0 bridgehead atoms. The lowest BCUT2D eigenvalue weighted by Gasteiger charge is -2.13. The molecule has 8 rings (SSSR count). The van der Waals surface area contributed by atoms with Crippen LogP contribution in [0.2, 0.25) is 0 Å². The number of fused-ring (bicyclic) bond motifs is 6. The predicted molar refractivity (Wildman–Crippen MR) is 200 cm³/mol. The number of hydrogen-bond acceptors (Lipinski definition) is 2. The van der Waals surface area contributed by atoms with E-state index >= 15 is 0 Å². The third-order valence-electron chi connectivity index (χ3n) is 8.88. The number of para-hydroxylation sites is 1. The summed E-state index contributed by atoms with van der Waals surface area (Å²) < 4.78 is 2.26. The molecule has 0 aliphatic carbocycles. The molecular formula is C43H32N4. The molecule has 47 heavy (non-hydrogen) atoms. The van der Waals surface area contributed by atoms with E-state index in [4.69, 9.17) is 10.4 Å². The van der Waals surface area contributed by atoms with E-state index in [0.717, 1.165) is 61.1 Å². The lowest BCUT2D eigenvalue weighted by Crippen LogP contribution is -2.11. The minimum Gasteiger partial charge on any atom is -0.340 e. The molecule has 0 spiro atoms. The Morgan fingerprint density at radius 2 is 1.45 bits per heavy atom. The Labute approximate surface area is 273 Å². The molecule has 2 heterocycles. The van der Waals surface area contributed by atoms with Crippen LogP contribution in [0.1, 0.15) is 12.5 Å². The molecule has 0 amide bonds. The van der Waals surface area contributed by atoms with Gasteiger partial charge in [-0.05, 0) is 94.6 Å². The van der Waals surface area contributed by atoms with Crippen molar-refractivity contribution in [2.75, 3.05) is 5.32 Å². The number of anilines is 1. The molecule has 0 unspecified atom stereocenters. The molecule has 2 aromatic heterocycles. The number of pyridine rings is 1. The van der Waals surface area contributed by atoms with Crippen LogP contribution in [0.15, 0.2) is 158 Å². The monoisotopic (exact) mass is 604 g/mol. The highest BCUT2D eigenvalue weighted by atomic mass is 15.0. The largest absolute Gasteiger partial charge is 0.340 e. The van der Waals surface area contributed by atoms with Crippen LogP contribution in [0, 0.1) is 5.41 Å². The van der Waals surface area contributed by atoms with Crippen molar-refractivity contribution < 1.29 is 0 Å². The van der Waals surface area contributed by atoms with Gasteiger partial charge in [0.15, 0.2) is 0 Å². The molecule has 0 aliphatic rings. The fourth-order valence-electron chi connectivity index (χ4n) is 6.69. The first-order valence-corrected chi connectivity index (χ1v) is 15.8. The molecule has 8 aromatic rings. The van der Waals surface area contributed by atoms with Crippen molar-refractivity contribution in [1.29, 1.82) is 5.41 Å². The number of nitrogens with zero attached hydrogens (tertiary/aromatic N) is 2. The van der Waals surface area contributed by atoms with E-state index in [1.54, 1.807) is 0 Å². The van der Waals surface area contributed by atoms with E-state index in [1.807, 2.05) is 67.7 Å². The molecule has 0 fully saturated rings. The van der Waals surface area contributed by atoms with Gasteiger partial charge in [0.25, 0.3) is 0 Å². The third kappa shape index (κ3) is 4.97. The van der Waals surface area contributed by atoms with Crippen LogP contribution in [-0.2, 0) is 0 Å². The SMILES string of the molecule is C=C(/C=C\C)n1c2ccc(-c3cc(-c4ccc(C(=N)Nc5ccccc5)cc4)c4cccnc4c3)cc2c2c3ccccc3ccc21. The molecule has 0 radical (unpaired) electrons. The highest BCUT2D eigenvalue weighted by Crippen LogP contribution is 2.40. The molecule has 2 N–H and O–H groups in total. The quantitative estimate of drug-likeness (QED) is 0.113. The normalized spacial score (nSPS) is 11.6. The lowest BCUT2D eigenvalue weighted by atomic mass is 9.93. The average Bonchev–Trinajstić information content (AvgIpc) is 3.46. The van der Waals surface area contributed by atoms with Crippen LogP contribution in [0.25, 0.3) is 71.4 Å². The average molecular weight is 605 g/mol.